The highest BCUT2D eigenvalue weighted by molar-refractivity contribution is 6.32. The Hall–Kier alpha value is -0.720. The second kappa shape index (κ2) is 3.20. The van der Waals surface area contributed by atoms with Crippen LogP contribution in [-0.4, -0.2) is 39.8 Å². The normalized spacial score (nSPS) is 56.5. The summed E-state index contributed by atoms with van der Waals surface area (Å²) in [5.41, 5.74) is -1.78. The van der Waals surface area contributed by atoms with E-state index in [1.54, 1.807) is 13.8 Å². The molecule has 2 aliphatic heterocycles. The molecular weight excluding hydrogens is 284 g/mol. The quantitative estimate of drug-likeness (QED) is 0.750. The fraction of sp³-hybridized carbons (Fsp3) is 0.643. The topological polar surface area (TPSA) is 76.0 Å². The second-order valence-electron chi connectivity index (χ2n) is 6.28. The van der Waals surface area contributed by atoms with E-state index in [-0.39, 0.29) is 28.9 Å². The molecule has 1 spiro atoms. The molecular formula is C14H15ClO5. The number of ketones is 1. The minimum atomic E-state index is -2.10. The lowest BCUT2D eigenvalue weighted by molar-refractivity contribution is -0.432. The Balaban J connectivity index is 1.99. The summed E-state index contributed by atoms with van der Waals surface area (Å²) in [7, 11) is 0. The molecule has 0 aromatic heterocycles. The van der Waals surface area contributed by atoms with Gasteiger partial charge < -0.3 is 19.7 Å². The molecule has 2 bridgehead atoms. The van der Waals surface area contributed by atoms with Crippen LogP contribution in [0.3, 0.4) is 0 Å². The average Bonchev–Trinajstić information content (AvgIpc) is 3.13. The van der Waals surface area contributed by atoms with Crippen LogP contribution in [0.25, 0.3) is 0 Å². The largest absolute Gasteiger partial charge is 0.360 e. The van der Waals surface area contributed by atoms with Crippen molar-refractivity contribution < 1.29 is 24.5 Å². The van der Waals surface area contributed by atoms with E-state index < -0.39 is 22.6 Å². The van der Waals surface area contributed by atoms with E-state index in [4.69, 9.17) is 21.1 Å². The highest BCUT2D eigenvalue weighted by Gasteiger charge is 2.91. The summed E-state index contributed by atoms with van der Waals surface area (Å²) >= 11 is 6.07. The van der Waals surface area contributed by atoms with Crippen molar-refractivity contribution in [3.8, 4) is 0 Å². The minimum Gasteiger partial charge on any atom is -0.360 e. The summed E-state index contributed by atoms with van der Waals surface area (Å²) in [6, 6.07) is 0. The molecule has 0 aromatic rings. The fourth-order valence-corrected chi connectivity index (χ4v) is 4.35. The molecule has 5 atom stereocenters. The van der Waals surface area contributed by atoms with E-state index in [2.05, 4.69) is 0 Å². The highest BCUT2D eigenvalue weighted by atomic mass is 35.5. The summed E-state index contributed by atoms with van der Waals surface area (Å²) in [6.45, 7) is 3.58. The minimum absolute atomic E-state index is 0.0643. The monoisotopic (exact) mass is 298 g/mol. The van der Waals surface area contributed by atoms with Crippen LogP contribution in [-0.2, 0) is 14.3 Å². The lowest BCUT2D eigenvalue weighted by Crippen LogP contribution is -2.70. The zero-order valence-corrected chi connectivity index (χ0v) is 11.9. The van der Waals surface area contributed by atoms with Crippen LogP contribution in [0.1, 0.15) is 20.3 Å². The third-order valence-corrected chi connectivity index (χ3v) is 5.72. The van der Waals surface area contributed by atoms with Crippen molar-refractivity contribution in [1.29, 1.82) is 0 Å². The lowest BCUT2D eigenvalue weighted by Gasteiger charge is -2.52. The van der Waals surface area contributed by atoms with Gasteiger partial charge in [0.05, 0.1) is 17.6 Å². The third-order valence-electron chi connectivity index (χ3n) is 5.30. The number of ether oxygens (including phenoxy) is 2. The third kappa shape index (κ3) is 1.01. The molecule has 2 N–H and O–H groups in total. The molecule has 0 amide bonds. The molecule has 0 radical (unpaired) electrons. The maximum absolute atomic E-state index is 12.5. The zero-order chi connectivity index (χ0) is 14.6. The van der Waals surface area contributed by atoms with E-state index in [0.717, 1.165) is 0 Å². The number of aliphatic hydroxyl groups is 2. The Morgan fingerprint density at radius 2 is 2.25 bits per heavy atom. The predicted molar refractivity (Wildman–Crippen MR) is 68.6 cm³/mol. The maximum atomic E-state index is 12.5. The van der Waals surface area contributed by atoms with E-state index in [1.165, 1.54) is 12.2 Å². The van der Waals surface area contributed by atoms with Gasteiger partial charge in [0.2, 0.25) is 5.79 Å². The van der Waals surface area contributed by atoms with E-state index in [9.17, 15) is 15.0 Å². The Labute approximate surface area is 120 Å². The molecule has 20 heavy (non-hydrogen) atoms. The van der Waals surface area contributed by atoms with E-state index in [0.29, 0.717) is 6.42 Å². The average molecular weight is 299 g/mol. The van der Waals surface area contributed by atoms with Gasteiger partial charge in [0.1, 0.15) is 0 Å². The molecule has 1 saturated carbocycles. The van der Waals surface area contributed by atoms with Crippen LogP contribution in [0.15, 0.2) is 22.8 Å². The van der Waals surface area contributed by atoms with Gasteiger partial charge in [-0.05, 0) is 26.3 Å². The summed E-state index contributed by atoms with van der Waals surface area (Å²) < 4.78 is 11.3. The number of fused-ring (bicyclic) bond motifs is 2. The first-order valence-corrected chi connectivity index (χ1v) is 7.01. The number of allylic oxidation sites excluding steroid dienone is 2. The van der Waals surface area contributed by atoms with Gasteiger partial charge >= 0.3 is 0 Å². The standard InChI is InChI=1S/C14H15ClO5/c1-3-8(15)7-4-10(16)12-5-9(12)11(2)6-19-13(7,17)14(12,18)20-11/h3-4,9,17-18H,5-6H2,1-2H3/b8-3-/t9-,11+,12-,13+,14-/m0/s1. The lowest BCUT2D eigenvalue weighted by atomic mass is 9.74. The van der Waals surface area contributed by atoms with Gasteiger partial charge in [0.15, 0.2) is 5.78 Å². The van der Waals surface area contributed by atoms with Gasteiger partial charge in [-0.3, -0.25) is 4.79 Å². The van der Waals surface area contributed by atoms with Crippen molar-refractivity contribution in [2.75, 3.05) is 6.61 Å². The second-order valence-corrected chi connectivity index (χ2v) is 6.69. The first-order valence-electron chi connectivity index (χ1n) is 6.63. The van der Waals surface area contributed by atoms with Crippen molar-refractivity contribution in [2.45, 2.75) is 37.4 Å². The van der Waals surface area contributed by atoms with Gasteiger partial charge in [-0.2, -0.15) is 0 Å². The van der Waals surface area contributed by atoms with Crippen molar-refractivity contribution in [3.05, 3.63) is 22.8 Å². The molecule has 3 fully saturated rings. The van der Waals surface area contributed by atoms with E-state index in [1.807, 2.05) is 0 Å². The van der Waals surface area contributed by atoms with Crippen molar-refractivity contribution in [2.24, 2.45) is 11.3 Å². The number of carbonyl (C=O) groups excluding carboxylic acids is 1. The summed E-state index contributed by atoms with van der Waals surface area (Å²) in [5, 5.41) is 22.0. The van der Waals surface area contributed by atoms with Gasteiger partial charge in [0.25, 0.3) is 5.79 Å². The molecule has 2 aliphatic carbocycles. The first kappa shape index (κ1) is 13.0. The highest BCUT2D eigenvalue weighted by Crippen LogP contribution is 2.77. The van der Waals surface area contributed by atoms with Crippen LogP contribution < -0.4 is 0 Å². The fourth-order valence-electron chi connectivity index (χ4n) is 4.17. The molecule has 0 aromatic carbocycles. The van der Waals surface area contributed by atoms with Crippen LogP contribution in [0.2, 0.25) is 0 Å². The van der Waals surface area contributed by atoms with E-state index >= 15 is 0 Å². The van der Waals surface area contributed by atoms with Gasteiger partial charge in [0, 0.05) is 16.5 Å². The number of hydrogen-bond acceptors (Lipinski definition) is 5. The molecule has 2 heterocycles. The summed E-state index contributed by atoms with van der Waals surface area (Å²) in [5.74, 6) is -4.56. The number of carbonyl (C=O) groups is 1. The van der Waals surface area contributed by atoms with Crippen molar-refractivity contribution in [1.82, 2.24) is 0 Å². The number of halogens is 1. The number of hydrogen-bond donors (Lipinski definition) is 2. The molecule has 5 nitrogen and oxygen atoms in total. The molecule has 108 valence electrons. The Morgan fingerprint density at radius 1 is 1.55 bits per heavy atom. The first-order chi connectivity index (χ1) is 9.25. The van der Waals surface area contributed by atoms with Gasteiger partial charge in [-0.25, -0.2) is 0 Å². The smallest absolute Gasteiger partial charge is 0.251 e. The van der Waals surface area contributed by atoms with Crippen LogP contribution in [0.4, 0.5) is 0 Å². The molecule has 6 heteroatoms. The molecule has 4 aliphatic rings. The van der Waals surface area contributed by atoms with Gasteiger partial charge in [-0.15, -0.1) is 0 Å². The summed E-state index contributed by atoms with van der Waals surface area (Å²) in [6.07, 6.45) is 3.33. The Morgan fingerprint density at radius 3 is 2.90 bits per heavy atom. The maximum Gasteiger partial charge on any atom is 0.251 e. The Bertz CT molecular complexity index is 613. The SMILES string of the molecule is C/C=C(\Cl)C1=CC(=O)[C@]23C[C@H]2[C@@]2(C)CO[C@@]1(O)[C@@]3(O)O2. The van der Waals surface area contributed by atoms with Gasteiger partial charge in [-0.1, -0.05) is 17.7 Å². The molecule has 0 unspecified atom stereocenters. The van der Waals surface area contributed by atoms with Crippen molar-refractivity contribution in [3.63, 3.8) is 0 Å². The van der Waals surface area contributed by atoms with Crippen LogP contribution >= 0.6 is 11.6 Å². The number of rotatable bonds is 1. The predicted octanol–water partition coefficient (Wildman–Crippen LogP) is 0.841. The summed E-state index contributed by atoms with van der Waals surface area (Å²) in [4.78, 5) is 12.5. The Kier molecular flexibility index (Phi) is 2.08. The van der Waals surface area contributed by atoms with Crippen molar-refractivity contribution >= 4 is 17.4 Å². The molecule has 2 saturated heterocycles. The van der Waals surface area contributed by atoms with Crippen LogP contribution in [0.5, 0.6) is 0 Å². The molecule has 4 rings (SSSR count). The van der Waals surface area contributed by atoms with Crippen LogP contribution in [0, 0.1) is 11.3 Å². The zero-order valence-electron chi connectivity index (χ0n) is 11.1.